The van der Waals surface area contributed by atoms with Gasteiger partial charge in [0.05, 0.1) is 22.7 Å². The van der Waals surface area contributed by atoms with Crippen LogP contribution in [0.5, 0.6) is 0 Å². The van der Waals surface area contributed by atoms with E-state index in [-0.39, 0.29) is 5.91 Å². The number of imidazole rings is 1. The van der Waals surface area contributed by atoms with Crippen LogP contribution in [0.25, 0.3) is 21.9 Å². The average Bonchev–Trinajstić information content (AvgIpc) is 3.26. The number of carbonyl (C=O) groups excluding carboxylic acids is 1. The lowest BCUT2D eigenvalue weighted by Gasteiger charge is -2.20. The highest BCUT2D eigenvalue weighted by atomic mass is 16.1. The van der Waals surface area contributed by atoms with Crippen LogP contribution in [-0.4, -0.2) is 20.9 Å². The van der Waals surface area contributed by atoms with Gasteiger partial charge >= 0.3 is 0 Å². The smallest absolute Gasteiger partial charge is 0.217 e. The van der Waals surface area contributed by atoms with E-state index in [9.17, 15) is 4.79 Å². The van der Waals surface area contributed by atoms with Crippen LogP contribution in [0.3, 0.4) is 0 Å². The number of hydrogen-bond acceptors (Lipinski definition) is 3. The van der Waals surface area contributed by atoms with E-state index >= 15 is 0 Å². The topological polar surface area (TPSA) is 97.4 Å². The second kappa shape index (κ2) is 6.29. The van der Waals surface area contributed by atoms with Gasteiger partial charge in [-0.05, 0) is 54.8 Å². The van der Waals surface area contributed by atoms with Gasteiger partial charge in [-0.2, -0.15) is 5.26 Å². The summed E-state index contributed by atoms with van der Waals surface area (Å²) in [4.78, 5) is 23.2. The van der Waals surface area contributed by atoms with Gasteiger partial charge in [0.2, 0.25) is 5.91 Å². The van der Waals surface area contributed by atoms with Crippen molar-refractivity contribution in [1.29, 1.82) is 5.26 Å². The first-order chi connectivity index (χ1) is 13.0. The molecule has 6 nitrogen and oxygen atoms in total. The van der Waals surface area contributed by atoms with E-state index in [1.54, 1.807) is 12.1 Å². The molecule has 4 rings (SSSR count). The molecule has 1 amide bonds. The fourth-order valence-electron chi connectivity index (χ4n) is 3.70. The predicted molar refractivity (Wildman–Crippen MR) is 104 cm³/mol. The molecule has 3 N–H and O–H groups in total. The van der Waals surface area contributed by atoms with E-state index in [0.717, 1.165) is 33.1 Å². The molecule has 0 aliphatic carbocycles. The van der Waals surface area contributed by atoms with E-state index < -0.39 is 6.04 Å². The summed E-state index contributed by atoms with van der Waals surface area (Å²) in [6, 6.07) is 11.2. The summed E-state index contributed by atoms with van der Waals surface area (Å²) in [7, 11) is 0. The molecular weight excluding hydrogens is 338 g/mol. The Hall–Kier alpha value is -3.59. The lowest BCUT2D eigenvalue weighted by Crippen LogP contribution is -2.28. The Morgan fingerprint density at radius 1 is 1.22 bits per heavy atom. The molecule has 0 bridgehead atoms. The van der Waals surface area contributed by atoms with Crippen LogP contribution in [0.1, 0.15) is 41.0 Å². The van der Waals surface area contributed by atoms with Crippen LogP contribution < -0.4 is 5.32 Å². The summed E-state index contributed by atoms with van der Waals surface area (Å²) in [5.41, 5.74) is 6.37. The zero-order valence-corrected chi connectivity index (χ0v) is 15.3. The molecule has 0 saturated heterocycles. The molecular formula is C21H19N5O. The van der Waals surface area contributed by atoms with Crippen molar-refractivity contribution in [3.63, 3.8) is 0 Å². The zero-order valence-electron chi connectivity index (χ0n) is 15.3. The van der Waals surface area contributed by atoms with Crippen molar-refractivity contribution in [3.05, 3.63) is 64.6 Å². The number of aromatic nitrogens is 3. The molecule has 2 aromatic heterocycles. The Kier molecular flexibility index (Phi) is 3.93. The number of nitriles is 1. The van der Waals surface area contributed by atoms with Crippen LogP contribution in [0.15, 0.2) is 36.5 Å². The molecule has 134 valence electrons. The molecule has 2 heterocycles. The fourth-order valence-corrected chi connectivity index (χ4v) is 3.70. The third-order valence-electron chi connectivity index (χ3n) is 4.83. The molecule has 4 aromatic rings. The minimum absolute atomic E-state index is 0.137. The van der Waals surface area contributed by atoms with Gasteiger partial charge in [-0.25, -0.2) is 4.98 Å². The molecule has 6 heteroatoms. The quantitative estimate of drug-likeness (QED) is 0.521. The van der Waals surface area contributed by atoms with Crippen molar-refractivity contribution < 1.29 is 4.79 Å². The average molecular weight is 357 g/mol. The number of nitrogens with one attached hydrogen (secondary N) is 3. The van der Waals surface area contributed by atoms with Crippen LogP contribution in [-0.2, 0) is 4.79 Å². The SMILES string of the molecule is CC(=O)NC(c1nc2cc(C#N)ccc2[nH]1)c1c(C)cc(C)c2[nH]ccc12. The Labute approximate surface area is 156 Å². The molecule has 1 unspecified atom stereocenters. The van der Waals surface area contributed by atoms with Crippen LogP contribution in [0.2, 0.25) is 0 Å². The molecule has 0 aliphatic heterocycles. The minimum Gasteiger partial charge on any atom is -0.361 e. The first kappa shape index (κ1) is 16.9. The van der Waals surface area contributed by atoms with Crippen LogP contribution >= 0.6 is 0 Å². The van der Waals surface area contributed by atoms with E-state index in [0.29, 0.717) is 16.9 Å². The van der Waals surface area contributed by atoms with Gasteiger partial charge in [-0.3, -0.25) is 4.79 Å². The molecule has 2 aromatic carbocycles. The van der Waals surface area contributed by atoms with Crippen molar-refractivity contribution >= 4 is 27.8 Å². The lowest BCUT2D eigenvalue weighted by atomic mass is 9.94. The summed E-state index contributed by atoms with van der Waals surface area (Å²) in [6.45, 7) is 5.61. The maximum Gasteiger partial charge on any atom is 0.217 e. The number of carbonyl (C=O) groups is 1. The lowest BCUT2D eigenvalue weighted by molar-refractivity contribution is -0.119. The van der Waals surface area contributed by atoms with Crippen LogP contribution in [0.4, 0.5) is 0 Å². The molecule has 27 heavy (non-hydrogen) atoms. The molecule has 0 fully saturated rings. The molecule has 0 aliphatic rings. The van der Waals surface area contributed by atoms with Gasteiger partial charge in [0.1, 0.15) is 11.9 Å². The van der Waals surface area contributed by atoms with Crippen molar-refractivity contribution in [2.45, 2.75) is 26.8 Å². The van der Waals surface area contributed by atoms with E-state index in [1.165, 1.54) is 6.92 Å². The summed E-state index contributed by atoms with van der Waals surface area (Å²) >= 11 is 0. The monoisotopic (exact) mass is 357 g/mol. The first-order valence-corrected chi connectivity index (χ1v) is 8.72. The number of rotatable bonds is 3. The number of nitrogens with zero attached hydrogens (tertiary/aromatic N) is 2. The maximum atomic E-state index is 12.0. The number of benzene rings is 2. The molecule has 1 atom stereocenters. The standard InChI is InChI=1S/C21H19N5O/c1-11-8-12(2)19-15(6-7-23-19)18(11)20(24-13(3)27)21-25-16-5-4-14(10-22)9-17(16)26-21/h4-9,20,23H,1-3H3,(H,24,27)(H,25,26). The van der Waals surface area contributed by atoms with Gasteiger partial charge in [0.15, 0.2) is 0 Å². The Balaban J connectivity index is 1.95. The van der Waals surface area contributed by atoms with Gasteiger partial charge in [-0.1, -0.05) is 6.07 Å². The summed E-state index contributed by atoms with van der Waals surface area (Å²) in [5.74, 6) is 0.506. The molecule has 0 radical (unpaired) electrons. The van der Waals surface area contributed by atoms with E-state index in [2.05, 4.69) is 39.3 Å². The summed E-state index contributed by atoms with van der Waals surface area (Å²) in [6.07, 6.45) is 1.91. The molecule has 0 saturated carbocycles. The Morgan fingerprint density at radius 3 is 2.78 bits per heavy atom. The van der Waals surface area contributed by atoms with Gasteiger partial charge in [0, 0.05) is 24.0 Å². The fraction of sp³-hybridized carbons (Fsp3) is 0.190. The van der Waals surface area contributed by atoms with Crippen LogP contribution in [0, 0.1) is 25.2 Å². The summed E-state index contributed by atoms with van der Waals surface area (Å²) < 4.78 is 0. The largest absolute Gasteiger partial charge is 0.361 e. The summed E-state index contributed by atoms with van der Waals surface area (Å²) in [5, 5.41) is 13.2. The van der Waals surface area contributed by atoms with Crippen molar-refractivity contribution in [1.82, 2.24) is 20.3 Å². The van der Waals surface area contributed by atoms with E-state index in [1.807, 2.05) is 25.3 Å². The number of aromatic amines is 2. The number of aryl methyl sites for hydroxylation is 2. The second-order valence-corrected chi connectivity index (χ2v) is 6.79. The van der Waals surface area contributed by atoms with Crippen molar-refractivity contribution in [3.8, 4) is 6.07 Å². The zero-order chi connectivity index (χ0) is 19.1. The second-order valence-electron chi connectivity index (χ2n) is 6.79. The third kappa shape index (κ3) is 2.83. The number of amides is 1. The van der Waals surface area contributed by atoms with E-state index in [4.69, 9.17) is 5.26 Å². The number of H-pyrrole nitrogens is 2. The predicted octanol–water partition coefficient (Wildman–Crippen LogP) is 3.76. The first-order valence-electron chi connectivity index (χ1n) is 8.72. The third-order valence-corrected chi connectivity index (χ3v) is 4.83. The highest BCUT2D eigenvalue weighted by Crippen LogP contribution is 2.33. The van der Waals surface area contributed by atoms with Crippen molar-refractivity contribution in [2.75, 3.05) is 0 Å². The van der Waals surface area contributed by atoms with Gasteiger partial charge in [0.25, 0.3) is 0 Å². The van der Waals surface area contributed by atoms with Gasteiger partial charge < -0.3 is 15.3 Å². The van der Waals surface area contributed by atoms with Crippen molar-refractivity contribution in [2.24, 2.45) is 0 Å². The molecule has 0 spiro atoms. The highest BCUT2D eigenvalue weighted by molar-refractivity contribution is 5.89. The Bertz CT molecular complexity index is 1220. The minimum atomic E-state index is -0.417. The van der Waals surface area contributed by atoms with Gasteiger partial charge in [-0.15, -0.1) is 0 Å². The number of fused-ring (bicyclic) bond motifs is 2. The Morgan fingerprint density at radius 2 is 2.04 bits per heavy atom. The normalized spacial score (nSPS) is 12.2. The maximum absolute atomic E-state index is 12.0. The highest BCUT2D eigenvalue weighted by Gasteiger charge is 2.24. The number of hydrogen-bond donors (Lipinski definition) is 3.